The first-order chi connectivity index (χ1) is 12.0. The highest BCUT2D eigenvalue weighted by Gasteiger charge is 2.42. The molecule has 25 heavy (non-hydrogen) atoms. The standard InChI is InChI=1S/C19H32O6/c1-13(19(22)23)7-5-6-9-15-17(25-15)12-11-16-14(24-16)8-3-2-4-10-18(20)21/h13-17H,2-12H2,1H3,(H,20,21)(H,22,23). The summed E-state index contributed by atoms with van der Waals surface area (Å²) in [5, 5.41) is 17.4. The predicted octanol–water partition coefficient (Wildman–Crippen LogP) is 3.62. The predicted molar refractivity (Wildman–Crippen MR) is 92.5 cm³/mol. The molecule has 2 rings (SSSR count). The molecule has 0 aromatic carbocycles. The van der Waals surface area contributed by atoms with Gasteiger partial charge in [-0.1, -0.05) is 32.6 Å². The van der Waals surface area contributed by atoms with Crippen LogP contribution < -0.4 is 0 Å². The van der Waals surface area contributed by atoms with Gasteiger partial charge in [-0.25, -0.2) is 0 Å². The van der Waals surface area contributed by atoms with E-state index in [1.165, 1.54) is 0 Å². The smallest absolute Gasteiger partial charge is 0.306 e. The van der Waals surface area contributed by atoms with Crippen LogP contribution in [0.25, 0.3) is 0 Å². The number of epoxide rings is 2. The van der Waals surface area contributed by atoms with Crippen molar-refractivity contribution in [1.29, 1.82) is 0 Å². The third-order valence-corrected chi connectivity index (χ3v) is 5.29. The molecule has 0 aromatic heterocycles. The molecule has 5 unspecified atom stereocenters. The van der Waals surface area contributed by atoms with Crippen LogP contribution in [0.15, 0.2) is 0 Å². The molecule has 6 nitrogen and oxygen atoms in total. The zero-order chi connectivity index (χ0) is 18.2. The normalized spacial score (nSPS) is 28.5. The Morgan fingerprint density at radius 3 is 1.84 bits per heavy atom. The highest BCUT2D eigenvalue weighted by molar-refractivity contribution is 5.69. The molecule has 2 aliphatic rings. The van der Waals surface area contributed by atoms with E-state index in [-0.39, 0.29) is 12.3 Å². The highest BCUT2D eigenvalue weighted by Crippen LogP contribution is 2.37. The van der Waals surface area contributed by atoms with Crippen LogP contribution in [0.5, 0.6) is 0 Å². The minimum absolute atomic E-state index is 0.246. The highest BCUT2D eigenvalue weighted by atomic mass is 16.6. The summed E-state index contributed by atoms with van der Waals surface area (Å²) in [5.41, 5.74) is 0. The average Bonchev–Trinajstić information content (AvgIpc) is 3.45. The molecule has 0 amide bonds. The lowest BCUT2D eigenvalue weighted by Gasteiger charge is -2.04. The number of hydrogen-bond donors (Lipinski definition) is 2. The molecule has 0 spiro atoms. The maximum Gasteiger partial charge on any atom is 0.306 e. The van der Waals surface area contributed by atoms with Gasteiger partial charge >= 0.3 is 11.9 Å². The Morgan fingerprint density at radius 2 is 1.32 bits per heavy atom. The van der Waals surface area contributed by atoms with E-state index >= 15 is 0 Å². The van der Waals surface area contributed by atoms with Gasteiger partial charge in [0, 0.05) is 6.42 Å². The van der Waals surface area contributed by atoms with E-state index in [0.29, 0.717) is 24.4 Å². The number of ether oxygens (including phenoxy) is 2. The minimum atomic E-state index is -0.712. The fraction of sp³-hybridized carbons (Fsp3) is 0.895. The van der Waals surface area contributed by atoms with Crippen molar-refractivity contribution in [2.24, 2.45) is 5.92 Å². The number of carboxylic acid groups (broad SMARTS) is 2. The van der Waals surface area contributed by atoms with Crippen molar-refractivity contribution >= 4 is 11.9 Å². The lowest BCUT2D eigenvalue weighted by Crippen LogP contribution is -2.09. The Morgan fingerprint density at radius 1 is 0.800 bits per heavy atom. The van der Waals surface area contributed by atoms with Crippen LogP contribution in [0.4, 0.5) is 0 Å². The van der Waals surface area contributed by atoms with Crippen LogP contribution in [-0.4, -0.2) is 46.6 Å². The summed E-state index contributed by atoms with van der Waals surface area (Å²) in [4.78, 5) is 21.2. The first kappa shape index (κ1) is 20.2. The van der Waals surface area contributed by atoms with E-state index in [1.54, 1.807) is 6.92 Å². The van der Waals surface area contributed by atoms with Gasteiger partial charge in [0.15, 0.2) is 0 Å². The zero-order valence-electron chi connectivity index (χ0n) is 15.2. The van der Waals surface area contributed by atoms with E-state index in [1.807, 2.05) is 0 Å². The van der Waals surface area contributed by atoms with E-state index in [0.717, 1.165) is 64.2 Å². The lowest BCUT2D eigenvalue weighted by atomic mass is 10.0. The van der Waals surface area contributed by atoms with Gasteiger partial charge in [-0.15, -0.1) is 0 Å². The molecule has 2 saturated heterocycles. The first-order valence-corrected chi connectivity index (χ1v) is 9.73. The molecule has 0 bridgehead atoms. The van der Waals surface area contributed by atoms with Crippen molar-refractivity contribution in [2.45, 2.75) is 102 Å². The molecular weight excluding hydrogens is 324 g/mol. The molecule has 2 N–H and O–H groups in total. The molecule has 0 aromatic rings. The molecule has 2 fully saturated rings. The molecule has 2 aliphatic heterocycles. The number of hydrogen-bond acceptors (Lipinski definition) is 4. The molecule has 5 atom stereocenters. The summed E-state index contributed by atoms with van der Waals surface area (Å²) >= 11 is 0. The van der Waals surface area contributed by atoms with Gasteiger partial charge in [0.1, 0.15) is 0 Å². The van der Waals surface area contributed by atoms with Gasteiger partial charge in [-0.2, -0.15) is 0 Å². The van der Waals surface area contributed by atoms with E-state index in [9.17, 15) is 9.59 Å². The molecule has 144 valence electrons. The van der Waals surface area contributed by atoms with Crippen molar-refractivity contribution in [3.05, 3.63) is 0 Å². The second-order valence-electron chi connectivity index (χ2n) is 7.52. The van der Waals surface area contributed by atoms with Crippen LogP contribution in [0.2, 0.25) is 0 Å². The Labute approximate surface area is 149 Å². The molecule has 0 radical (unpaired) electrons. The Bertz CT molecular complexity index is 438. The number of rotatable bonds is 15. The van der Waals surface area contributed by atoms with Gasteiger partial charge in [0.05, 0.1) is 30.3 Å². The Kier molecular flexibility index (Phi) is 8.16. The van der Waals surface area contributed by atoms with Gasteiger partial charge < -0.3 is 19.7 Å². The van der Waals surface area contributed by atoms with Crippen molar-refractivity contribution in [2.75, 3.05) is 0 Å². The summed E-state index contributed by atoms with van der Waals surface area (Å²) in [6.07, 6.45) is 11.5. The average molecular weight is 356 g/mol. The number of carbonyl (C=O) groups is 2. The monoisotopic (exact) mass is 356 g/mol. The zero-order valence-corrected chi connectivity index (χ0v) is 15.2. The van der Waals surface area contributed by atoms with Crippen molar-refractivity contribution < 1.29 is 29.3 Å². The SMILES string of the molecule is CC(CCCCC1OC1CCC1OC1CCCCCC(=O)O)C(=O)O. The summed E-state index contributed by atoms with van der Waals surface area (Å²) in [6, 6.07) is 0. The quantitative estimate of drug-likeness (QED) is 0.343. The summed E-state index contributed by atoms with van der Waals surface area (Å²) in [7, 11) is 0. The number of unbranched alkanes of at least 4 members (excludes halogenated alkanes) is 3. The van der Waals surface area contributed by atoms with Gasteiger partial charge in [-0.3, -0.25) is 9.59 Å². The second kappa shape index (κ2) is 10.1. The summed E-state index contributed by atoms with van der Waals surface area (Å²) in [5.74, 6) is -1.67. The van der Waals surface area contributed by atoms with E-state index in [2.05, 4.69) is 0 Å². The van der Waals surface area contributed by atoms with Gasteiger partial charge in [0.2, 0.25) is 0 Å². The van der Waals surface area contributed by atoms with Crippen molar-refractivity contribution in [1.82, 2.24) is 0 Å². The van der Waals surface area contributed by atoms with E-state index < -0.39 is 11.9 Å². The fourth-order valence-corrected chi connectivity index (χ4v) is 3.42. The maximum atomic E-state index is 10.7. The molecule has 6 heteroatoms. The topological polar surface area (TPSA) is 99.7 Å². The van der Waals surface area contributed by atoms with Crippen LogP contribution in [-0.2, 0) is 19.1 Å². The first-order valence-electron chi connectivity index (χ1n) is 9.73. The second-order valence-corrected chi connectivity index (χ2v) is 7.52. The Balaban J connectivity index is 1.38. The van der Waals surface area contributed by atoms with Crippen molar-refractivity contribution in [3.8, 4) is 0 Å². The largest absolute Gasteiger partial charge is 0.481 e. The number of aliphatic carboxylic acids is 2. The number of carboxylic acids is 2. The minimum Gasteiger partial charge on any atom is -0.481 e. The van der Waals surface area contributed by atoms with E-state index in [4.69, 9.17) is 19.7 Å². The molecule has 2 heterocycles. The lowest BCUT2D eigenvalue weighted by molar-refractivity contribution is -0.141. The molecular formula is C19H32O6. The van der Waals surface area contributed by atoms with Crippen LogP contribution >= 0.6 is 0 Å². The van der Waals surface area contributed by atoms with Gasteiger partial charge in [-0.05, 0) is 38.5 Å². The maximum absolute atomic E-state index is 10.7. The van der Waals surface area contributed by atoms with Crippen molar-refractivity contribution in [3.63, 3.8) is 0 Å². The van der Waals surface area contributed by atoms with Gasteiger partial charge in [0.25, 0.3) is 0 Å². The van der Waals surface area contributed by atoms with Crippen LogP contribution in [0.3, 0.4) is 0 Å². The van der Waals surface area contributed by atoms with Crippen LogP contribution in [0.1, 0.15) is 77.6 Å². The molecule has 0 saturated carbocycles. The third kappa shape index (κ3) is 8.19. The van der Waals surface area contributed by atoms with Crippen LogP contribution in [0, 0.1) is 5.92 Å². The third-order valence-electron chi connectivity index (χ3n) is 5.29. The summed E-state index contributed by atoms with van der Waals surface area (Å²) < 4.78 is 11.4. The Hall–Kier alpha value is -1.14. The molecule has 0 aliphatic carbocycles. The fourth-order valence-electron chi connectivity index (χ4n) is 3.42. The summed E-state index contributed by atoms with van der Waals surface area (Å²) in [6.45, 7) is 1.76.